The van der Waals surface area contributed by atoms with Gasteiger partial charge in [0.05, 0.1) is 33.6 Å². The molecule has 2 aromatic rings. The number of hydrazone groups is 1. The number of amides is 2. The van der Waals surface area contributed by atoms with Crippen LogP contribution in [0.2, 0.25) is 0 Å². The Balaban J connectivity index is 1.84. The van der Waals surface area contributed by atoms with Crippen LogP contribution in [0.1, 0.15) is 29.3 Å². The van der Waals surface area contributed by atoms with Gasteiger partial charge in [-0.2, -0.15) is 5.10 Å². The molecule has 0 unspecified atom stereocenters. The highest BCUT2D eigenvalue weighted by Gasteiger charge is 2.11. The van der Waals surface area contributed by atoms with E-state index in [9.17, 15) is 9.59 Å². The molecular formula is C21H25N3O5. The Morgan fingerprint density at radius 3 is 2.59 bits per heavy atom. The molecule has 0 aliphatic carbocycles. The lowest BCUT2D eigenvalue weighted by molar-refractivity contribution is -0.120. The van der Waals surface area contributed by atoms with Crippen LogP contribution < -0.4 is 25.0 Å². The third-order valence-electron chi connectivity index (χ3n) is 3.79. The molecule has 2 N–H and O–H groups in total. The molecule has 0 aromatic heterocycles. The van der Waals surface area contributed by atoms with Crippen LogP contribution in [0, 0.1) is 0 Å². The summed E-state index contributed by atoms with van der Waals surface area (Å²) in [6.45, 7) is 2.45. The fourth-order valence-corrected chi connectivity index (χ4v) is 2.36. The Labute approximate surface area is 169 Å². The second-order valence-corrected chi connectivity index (χ2v) is 5.97. The average molecular weight is 399 g/mol. The lowest BCUT2D eigenvalue weighted by Crippen LogP contribution is -2.34. The molecule has 0 aliphatic rings. The summed E-state index contributed by atoms with van der Waals surface area (Å²) in [5, 5.41) is 6.42. The second kappa shape index (κ2) is 11.3. The summed E-state index contributed by atoms with van der Waals surface area (Å²) in [5.74, 6) is 0.822. The van der Waals surface area contributed by atoms with Crippen molar-refractivity contribution >= 4 is 18.0 Å². The van der Waals surface area contributed by atoms with Crippen LogP contribution in [0.25, 0.3) is 0 Å². The molecule has 29 heavy (non-hydrogen) atoms. The molecule has 154 valence electrons. The van der Waals surface area contributed by atoms with E-state index in [1.807, 2.05) is 31.2 Å². The van der Waals surface area contributed by atoms with E-state index in [-0.39, 0.29) is 6.54 Å². The fraction of sp³-hybridized carbons (Fsp3) is 0.286. The minimum Gasteiger partial charge on any atom is -0.494 e. The molecule has 0 atom stereocenters. The first-order valence-electron chi connectivity index (χ1n) is 9.12. The molecule has 8 heteroatoms. The van der Waals surface area contributed by atoms with Gasteiger partial charge in [0, 0.05) is 5.56 Å². The first-order chi connectivity index (χ1) is 14.1. The Hall–Kier alpha value is -3.55. The highest BCUT2D eigenvalue weighted by atomic mass is 16.5. The molecule has 2 aromatic carbocycles. The van der Waals surface area contributed by atoms with Crippen molar-refractivity contribution in [2.45, 2.75) is 13.3 Å². The zero-order chi connectivity index (χ0) is 21.1. The lowest BCUT2D eigenvalue weighted by Gasteiger charge is -2.09. The van der Waals surface area contributed by atoms with E-state index >= 15 is 0 Å². The highest BCUT2D eigenvalue weighted by molar-refractivity contribution is 5.97. The van der Waals surface area contributed by atoms with Crippen LogP contribution in [0.15, 0.2) is 47.6 Å². The minimum atomic E-state index is -0.450. The van der Waals surface area contributed by atoms with Gasteiger partial charge in [0.25, 0.3) is 11.8 Å². The fourth-order valence-electron chi connectivity index (χ4n) is 2.36. The number of benzene rings is 2. The third-order valence-corrected chi connectivity index (χ3v) is 3.79. The van der Waals surface area contributed by atoms with Crippen molar-refractivity contribution in [2.24, 2.45) is 5.10 Å². The molecule has 0 heterocycles. The van der Waals surface area contributed by atoms with Crippen LogP contribution in [0.3, 0.4) is 0 Å². The number of rotatable bonds is 10. The standard InChI is InChI=1S/C21H25N3O5/c1-4-10-29-17-7-5-6-15(11-17)13-23-24-20(25)14-22-21(26)16-8-9-18(27-2)19(12-16)28-3/h5-9,11-13H,4,10,14H2,1-3H3,(H,22,26)(H,24,25)/b23-13+. The van der Waals surface area contributed by atoms with Gasteiger partial charge in [0.1, 0.15) is 5.75 Å². The van der Waals surface area contributed by atoms with Gasteiger partial charge in [-0.1, -0.05) is 19.1 Å². The summed E-state index contributed by atoms with van der Waals surface area (Å²) >= 11 is 0. The summed E-state index contributed by atoms with van der Waals surface area (Å²) in [5.41, 5.74) is 3.51. The maximum Gasteiger partial charge on any atom is 0.259 e. The van der Waals surface area contributed by atoms with Crippen molar-refractivity contribution in [1.82, 2.24) is 10.7 Å². The summed E-state index contributed by atoms with van der Waals surface area (Å²) in [6.07, 6.45) is 2.43. The largest absolute Gasteiger partial charge is 0.494 e. The van der Waals surface area contributed by atoms with E-state index in [0.717, 1.165) is 17.7 Å². The molecule has 0 bridgehead atoms. The number of hydrogen-bond donors (Lipinski definition) is 2. The number of methoxy groups -OCH3 is 2. The topological polar surface area (TPSA) is 98.2 Å². The van der Waals surface area contributed by atoms with E-state index in [1.54, 1.807) is 12.1 Å². The molecule has 0 spiro atoms. The molecular weight excluding hydrogens is 374 g/mol. The summed E-state index contributed by atoms with van der Waals surface area (Å²) in [4.78, 5) is 24.1. The van der Waals surface area contributed by atoms with Crippen LogP contribution in [0.4, 0.5) is 0 Å². The van der Waals surface area contributed by atoms with Crippen molar-refractivity contribution in [1.29, 1.82) is 0 Å². The van der Waals surface area contributed by atoms with Crippen molar-refractivity contribution in [3.63, 3.8) is 0 Å². The summed E-state index contributed by atoms with van der Waals surface area (Å²) < 4.78 is 15.8. The van der Waals surface area contributed by atoms with Crippen molar-refractivity contribution in [2.75, 3.05) is 27.4 Å². The van der Waals surface area contributed by atoms with E-state index in [0.29, 0.717) is 23.7 Å². The Morgan fingerprint density at radius 1 is 1.07 bits per heavy atom. The monoisotopic (exact) mass is 399 g/mol. The number of ether oxygens (including phenoxy) is 3. The Bertz CT molecular complexity index is 867. The lowest BCUT2D eigenvalue weighted by atomic mass is 10.2. The van der Waals surface area contributed by atoms with Gasteiger partial charge in [-0.05, 0) is 42.3 Å². The van der Waals surface area contributed by atoms with Gasteiger partial charge in [-0.3, -0.25) is 9.59 Å². The van der Waals surface area contributed by atoms with Crippen molar-refractivity contribution in [3.8, 4) is 17.2 Å². The van der Waals surface area contributed by atoms with Crippen molar-refractivity contribution in [3.05, 3.63) is 53.6 Å². The third kappa shape index (κ3) is 6.84. The number of nitrogens with zero attached hydrogens (tertiary/aromatic N) is 1. The average Bonchev–Trinajstić information content (AvgIpc) is 2.75. The maximum absolute atomic E-state index is 12.2. The predicted molar refractivity (Wildman–Crippen MR) is 110 cm³/mol. The van der Waals surface area contributed by atoms with E-state index in [1.165, 1.54) is 26.5 Å². The molecule has 8 nitrogen and oxygen atoms in total. The van der Waals surface area contributed by atoms with Crippen LogP contribution in [-0.2, 0) is 4.79 Å². The van der Waals surface area contributed by atoms with Gasteiger partial charge < -0.3 is 19.5 Å². The normalized spacial score (nSPS) is 10.4. The Morgan fingerprint density at radius 2 is 1.86 bits per heavy atom. The van der Waals surface area contributed by atoms with Gasteiger partial charge in [-0.25, -0.2) is 5.43 Å². The first kappa shape index (κ1) is 21.7. The minimum absolute atomic E-state index is 0.218. The zero-order valence-corrected chi connectivity index (χ0v) is 16.7. The number of carbonyl (C=O) groups excluding carboxylic acids is 2. The molecule has 0 radical (unpaired) electrons. The van der Waals surface area contributed by atoms with Gasteiger partial charge in [0.15, 0.2) is 11.5 Å². The number of carbonyl (C=O) groups is 2. The molecule has 0 saturated heterocycles. The molecule has 0 fully saturated rings. The predicted octanol–water partition coefficient (Wildman–Crippen LogP) is 2.37. The second-order valence-electron chi connectivity index (χ2n) is 5.97. The van der Waals surface area contributed by atoms with Gasteiger partial charge in [0.2, 0.25) is 0 Å². The smallest absolute Gasteiger partial charge is 0.259 e. The van der Waals surface area contributed by atoms with E-state index in [4.69, 9.17) is 14.2 Å². The first-order valence-corrected chi connectivity index (χ1v) is 9.12. The van der Waals surface area contributed by atoms with Crippen LogP contribution in [0.5, 0.6) is 17.2 Å². The van der Waals surface area contributed by atoms with Crippen molar-refractivity contribution < 1.29 is 23.8 Å². The van der Waals surface area contributed by atoms with Crippen LogP contribution >= 0.6 is 0 Å². The van der Waals surface area contributed by atoms with Crippen LogP contribution in [-0.4, -0.2) is 45.4 Å². The van der Waals surface area contributed by atoms with Gasteiger partial charge in [-0.15, -0.1) is 0 Å². The molecule has 2 amide bonds. The maximum atomic E-state index is 12.2. The Kier molecular flexibility index (Phi) is 8.50. The molecule has 2 rings (SSSR count). The van der Waals surface area contributed by atoms with E-state index in [2.05, 4.69) is 15.8 Å². The number of hydrogen-bond acceptors (Lipinski definition) is 6. The summed E-state index contributed by atoms with van der Waals surface area (Å²) in [6, 6.07) is 12.1. The highest BCUT2D eigenvalue weighted by Crippen LogP contribution is 2.27. The SMILES string of the molecule is CCCOc1cccc(/C=N/NC(=O)CNC(=O)c2ccc(OC)c(OC)c2)c1. The van der Waals surface area contributed by atoms with Gasteiger partial charge >= 0.3 is 0 Å². The van der Waals surface area contributed by atoms with E-state index < -0.39 is 11.8 Å². The number of nitrogens with one attached hydrogen (secondary N) is 2. The molecule has 0 saturated carbocycles. The zero-order valence-electron chi connectivity index (χ0n) is 16.7. The summed E-state index contributed by atoms with van der Waals surface area (Å²) in [7, 11) is 2.99. The molecule has 0 aliphatic heterocycles. The quantitative estimate of drug-likeness (QED) is 0.472.